The average Bonchev–Trinajstić information content (AvgIpc) is 2.62. The molecule has 0 N–H and O–H groups in total. The van der Waals surface area contributed by atoms with Crippen LogP contribution in [-0.2, 0) is 0 Å². The van der Waals surface area contributed by atoms with Gasteiger partial charge in [-0.2, -0.15) is 0 Å². The molecule has 0 atom stereocenters. The molecule has 4 rings (SSSR count). The van der Waals surface area contributed by atoms with E-state index in [-0.39, 0.29) is 11.7 Å². The molecule has 24 heavy (non-hydrogen) atoms. The zero-order chi connectivity index (χ0) is 16.6. The first-order valence-corrected chi connectivity index (χ1v) is 8.32. The number of likely N-dealkylation sites (tertiary alicyclic amines) is 1. The molecule has 0 unspecified atom stereocenters. The molecule has 2 aliphatic heterocycles. The molecule has 0 aromatic heterocycles. The van der Waals surface area contributed by atoms with E-state index in [0.29, 0.717) is 49.2 Å². The van der Waals surface area contributed by atoms with Crippen LogP contribution in [0.25, 0.3) is 0 Å². The molecule has 0 radical (unpaired) electrons. The molecule has 122 valence electrons. The van der Waals surface area contributed by atoms with Gasteiger partial charge in [0.05, 0.1) is 12.0 Å². The molecule has 4 heteroatoms. The number of ketones is 1. The van der Waals surface area contributed by atoms with Crippen molar-refractivity contribution in [1.82, 2.24) is 4.90 Å². The summed E-state index contributed by atoms with van der Waals surface area (Å²) in [5.41, 5.74) is 0.921. The van der Waals surface area contributed by atoms with Gasteiger partial charge < -0.3 is 9.64 Å². The fraction of sp³-hybridized carbons (Fsp3) is 0.300. The summed E-state index contributed by atoms with van der Waals surface area (Å²) in [5.74, 6) is 0.865. The highest BCUT2D eigenvalue weighted by molar-refractivity contribution is 6.00. The minimum atomic E-state index is -0.459. The highest BCUT2D eigenvalue weighted by atomic mass is 16.5. The van der Waals surface area contributed by atoms with E-state index in [4.69, 9.17) is 4.74 Å². The van der Waals surface area contributed by atoms with E-state index < -0.39 is 5.60 Å². The van der Waals surface area contributed by atoms with E-state index in [1.807, 2.05) is 59.5 Å². The van der Waals surface area contributed by atoms with E-state index in [1.165, 1.54) is 0 Å². The third-order valence-corrected chi connectivity index (χ3v) is 4.98. The van der Waals surface area contributed by atoms with Crippen LogP contribution in [0.3, 0.4) is 0 Å². The zero-order valence-electron chi connectivity index (χ0n) is 13.4. The van der Waals surface area contributed by atoms with Gasteiger partial charge in [-0.3, -0.25) is 9.59 Å². The Morgan fingerprint density at radius 3 is 2.38 bits per heavy atom. The number of Topliss-reactive ketones (excluding diaryl/α,β-unsaturated/α-hetero) is 1. The van der Waals surface area contributed by atoms with Crippen LogP contribution in [0.5, 0.6) is 5.75 Å². The first-order chi connectivity index (χ1) is 11.7. The highest BCUT2D eigenvalue weighted by Gasteiger charge is 2.43. The lowest BCUT2D eigenvalue weighted by molar-refractivity contribution is -0.00570. The number of carbonyl (C=O) groups excluding carboxylic acids is 2. The summed E-state index contributed by atoms with van der Waals surface area (Å²) in [6, 6.07) is 16.7. The Bertz CT molecular complexity index is 776. The molecule has 2 aromatic rings. The van der Waals surface area contributed by atoms with E-state index in [2.05, 4.69) is 0 Å². The van der Waals surface area contributed by atoms with Crippen molar-refractivity contribution in [3.05, 3.63) is 65.7 Å². The minimum Gasteiger partial charge on any atom is -0.486 e. The van der Waals surface area contributed by atoms with Crippen LogP contribution in [0.15, 0.2) is 54.6 Å². The van der Waals surface area contributed by atoms with Crippen LogP contribution in [0, 0.1) is 0 Å². The number of hydrogen-bond donors (Lipinski definition) is 0. The largest absolute Gasteiger partial charge is 0.486 e. The van der Waals surface area contributed by atoms with Gasteiger partial charge in [-0.05, 0) is 24.3 Å². The second-order valence-electron chi connectivity index (χ2n) is 6.54. The highest BCUT2D eigenvalue weighted by Crippen LogP contribution is 2.39. The van der Waals surface area contributed by atoms with Crippen LogP contribution >= 0.6 is 0 Å². The molecule has 0 bridgehead atoms. The molecule has 0 aliphatic carbocycles. The number of carbonyl (C=O) groups is 2. The molecule has 4 nitrogen and oxygen atoms in total. The molecule has 2 aromatic carbocycles. The minimum absolute atomic E-state index is 0.0491. The molecule has 1 saturated heterocycles. The van der Waals surface area contributed by atoms with Crippen LogP contribution in [-0.4, -0.2) is 35.3 Å². The molecule has 2 heterocycles. The van der Waals surface area contributed by atoms with Crippen molar-refractivity contribution in [2.24, 2.45) is 0 Å². The predicted octanol–water partition coefficient (Wildman–Crippen LogP) is 3.33. The monoisotopic (exact) mass is 321 g/mol. The van der Waals surface area contributed by atoms with Crippen molar-refractivity contribution in [3.63, 3.8) is 0 Å². The van der Waals surface area contributed by atoms with E-state index in [9.17, 15) is 9.59 Å². The molecular formula is C20H19NO3. The second-order valence-corrected chi connectivity index (χ2v) is 6.54. The average molecular weight is 321 g/mol. The molecule has 1 spiro atoms. The lowest BCUT2D eigenvalue weighted by atomic mass is 9.82. The summed E-state index contributed by atoms with van der Waals surface area (Å²) < 4.78 is 6.21. The van der Waals surface area contributed by atoms with Gasteiger partial charge in [0.2, 0.25) is 0 Å². The van der Waals surface area contributed by atoms with Crippen molar-refractivity contribution >= 4 is 11.7 Å². The first kappa shape index (κ1) is 14.9. The number of nitrogens with zero attached hydrogens (tertiary/aromatic N) is 1. The quantitative estimate of drug-likeness (QED) is 0.809. The second kappa shape index (κ2) is 5.78. The number of benzene rings is 2. The SMILES string of the molecule is O=C1CC2(CCN(C(=O)c3ccccc3)CC2)Oc2ccccc21. The maximum Gasteiger partial charge on any atom is 0.253 e. The number of fused-ring (bicyclic) bond motifs is 1. The van der Waals surface area contributed by atoms with Crippen LogP contribution in [0.4, 0.5) is 0 Å². The maximum absolute atomic E-state index is 12.6. The van der Waals surface area contributed by atoms with Gasteiger partial charge in [0.1, 0.15) is 11.4 Å². The van der Waals surface area contributed by atoms with Gasteiger partial charge in [-0.15, -0.1) is 0 Å². The Kier molecular flexibility index (Phi) is 3.60. The van der Waals surface area contributed by atoms with Crippen molar-refractivity contribution in [3.8, 4) is 5.75 Å². The van der Waals surface area contributed by atoms with Gasteiger partial charge in [-0.25, -0.2) is 0 Å². The Balaban J connectivity index is 1.49. The van der Waals surface area contributed by atoms with E-state index in [0.717, 1.165) is 0 Å². The summed E-state index contributed by atoms with van der Waals surface area (Å²) in [7, 11) is 0. The summed E-state index contributed by atoms with van der Waals surface area (Å²) in [5, 5.41) is 0. The Hall–Kier alpha value is -2.62. The van der Waals surface area contributed by atoms with Gasteiger partial charge in [-0.1, -0.05) is 30.3 Å². The fourth-order valence-corrected chi connectivity index (χ4v) is 3.60. The third kappa shape index (κ3) is 2.58. The number of hydrogen-bond acceptors (Lipinski definition) is 3. The normalized spacial score (nSPS) is 18.8. The first-order valence-electron chi connectivity index (χ1n) is 8.32. The number of para-hydroxylation sites is 1. The number of amides is 1. The van der Waals surface area contributed by atoms with E-state index in [1.54, 1.807) is 0 Å². The summed E-state index contributed by atoms with van der Waals surface area (Å²) in [6.45, 7) is 1.23. The Morgan fingerprint density at radius 2 is 1.62 bits per heavy atom. The molecule has 1 fully saturated rings. The predicted molar refractivity (Wildman–Crippen MR) is 90.3 cm³/mol. The lowest BCUT2D eigenvalue weighted by Gasteiger charge is -2.44. The van der Waals surface area contributed by atoms with Crippen molar-refractivity contribution in [1.29, 1.82) is 0 Å². The van der Waals surface area contributed by atoms with Crippen LogP contribution < -0.4 is 4.74 Å². The zero-order valence-corrected chi connectivity index (χ0v) is 13.4. The van der Waals surface area contributed by atoms with Crippen LogP contribution in [0.1, 0.15) is 40.0 Å². The molecule has 0 saturated carbocycles. The standard InChI is InChI=1S/C20H19NO3/c22-17-14-20(24-18-9-5-4-8-16(17)18)10-12-21(13-11-20)19(23)15-6-2-1-3-7-15/h1-9H,10-14H2. The maximum atomic E-state index is 12.6. The number of rotatable bonds is 1. The summed E-state index contributed by atoms with van der Waals surface area (Å²) in [6.07, 6.45) is 1.77. The van der Waals surface area contributed by atoms with Crippen molar-refractivity contribution < 1.29 is 14.3 Å². The summed E-state index contributed by atoms with van der Waals surface area (Å²) in [4.78, 5) is 26.8. The van der Waals surface area contributed by atoms with Gasteiger partial charge >= 0.3 is 0 Å². The fourth-order valence-electron chi connectivity index (χ4n) is 3.60. The van der Waals surface area contributed by atoms with Crippen LogP contribution in [0.2, 0.25) is 0 Å². The number of piperidine rings is 1. The topological polar surface area (TPSA) is 46.6 Å². The smallest absolute Gasteiger partial charge is 0.253 e. The van der Waals surface area contributed by atoms with Gasteiger partial charge in [0.25, 0.3) is 5.91 Å². The van der Waals surface area contributed by atoms with Gasteiger partial charge in [0, 0.05) is 31.5 Å². The van der Waals surface area contributed by atoms with Crippen molar-refractivity contribution in [2.75, 3.05) is 13.1 Å². The van der Waals surface area contributed by atoms with Gasteiger partial charge in [0.15, 0.2) is 5.78 Å². The third-order valence-electron chi connectivity index (χ3n) is 4.98. The number of ether oxygens (including phenoxy) is 1. The lowest BCUT2D eigenvalue weighted by Crippen LogP contribution is -2.52. The molecular weight excluding hydrogens is 302 g/mol. The van der Waals surface area contributed by atoms with E-state index >= 15 is 0 Å². The Labute approximate surface area is 141 Å². The van der Waals surface area contributed by atoms with Crippen molar-refractivity contribution in [2.45, 2.75) is 24.9 Å². The molecule has 1 amide bonds. The molecule has 2 aliphatic rings. The summed E-state index contributed by atoms with van der Waals surface area (Å²) >= 11 is 0. The Morgan fingerprint density at radius 1 is 0.958 bits per heavy atom.